The zero-order chi connectivity index (χ0) is 34.9. The molecule has 4 saturated carbocycles. The van der Waals surface area contributed by atoms with Gasteiger partial charge in [-0.1, -0.05) is 32.9 Å². The van der Waals surface area contributed by atoms with E-state index in [4.69, 9.17) is 14.2 Å². The van der Waals surface area contributed by atoms with Crippen LogP contribution in [0.1, 0.15) is 118 Å². The SMILES string of the molecule is C=C(C)[C@@H]1CC[C@]2(C(=O)OCCCCCn3ccnc3C)CC[C@]3(C)[C@H](C[C@@H](O)[C@@H]4[C@@]5(C)C(CC(=O)OC)OC(C)(C)C5CC[C@]43C)[C@@H]12. The van der Waals surface area contributed by atoms with Crippen molar-refractivity contribution in [3.63, 3.8) is 0 Å². The van der Waals surface area contributed by atoms with Gasteiger partial charge in [0.25, 0.3) is 0 Å². The van der Waals surface area contributed by atoms with Crippen LogP contribution in [-0.2, 0) is 30.3 Å². The van der Waals surface area contributed by atoms with Crippen LogP contribution < -0.4 is 0 Å². The Labute approximate surface area is 288 Å². The number of carbonyl (C=O) groups is 2. The number of aliphatic hydroxyl groups is 1. The van der Waals surface area contributed by atoms with Crippen LogP contribution in [0, 0.1) is 58.2 Å². The summed E-state index contributed by atoms with van der Waals surface area (Å²) < 4.78 is 20.3. The molecule has 11 atom stereocenters. The summed E-state index contributed by atoms with van der Waals surface area (Å²) in [5.41, 5.74) is -0.443. The first-order chi connectivity index (χ1) is 22.6. The Morgan fingerprint density at radius 1 is 1.06 bits per heavy atom. The highest BCUT2D eigenvalue weighted by Crippen LogP contribution is 2.77. The van der Waals surface area contributed by atoms with Crippen LogP contribution in [0.3, 0.4) is 0 Å². The standard InChI is InChI=1S/C40H62N2O6/c1-25(2)27-13-16-40(35(45)47-22-12-10-11-20-42-21-19-41-26(42)3)18-17-37(6)28(33(27)40)23-29(43)34-38(37,7)15-14-30-36(4,5)48-31(39(30,34)8)24-32(44)46-9/h19,21,27-31,33-34,43H,1,10-18,20,22-24H2,2-9H3/t27-,28+,29+,30?,31?,33+,34-,37+,38+,39+,40-/m0/s1. The summed E-state index contributed by atoms with van der Waals surface area (Å²) in [7, 11) is 1.44. The maximum Gasteiger partial charge on any atom is 0.312 e. The van der Waals surface area contributed by atoms with E-state index < -0.39 is 17.1 Å². The second-order valence-electron chi connectivity index (χ2n) is 17.7. The van der Waals surface area contributed by atoms with Crippen molar-refractivity contribution in [2.24, 2.45) is 51.2 Å². The monoisotopic (exact) mass is 666 g/mol. The maximum absolute atomic E-state index is 14.3. The van der Waals surface area contributed by atoms with Gasteiger partial charge in [0.05, 0.1) is 43.4 Å². The molecular formula is C40H62N2O6. The number of aryl methyl sites for hydroxylation is 2. The highest BCUT2D eigenvalue weighted by molar-refractivity contribution is 5.78. The first-order valence-corrected chi connectivity index (χ1v) is 18.8. The van der Waals surface area contributed by atoms with E-state index in [-0.39, 0.29) is 70.3 Å². The molecule has 0 bridgehead atoms. The zero-order valence-corrected chi connectivity index (χ0v) is 31.0. The summed E-state index contributed by atoms with van der Waals surface area (Å²) in [5.74, 6) is 1.45. The molecule has 268 valence electrons. The highest BCUT2D eigenvalue weighted by Gasteiger charge is 2.76. The van der Waals surface area contributed by atoms with Gasteiger partial charge in [-0.2, -0.15) is 0 Å². The molecule has 48 heavy (non-hydrogen) atoms. The van der Waals surface area contributed by atoms with E-state index in [2.05, 4.69) is 57.7 Å². The molecule has 4 aliphatic carbocycles. The molecule has 0 amide bonds. The Bertz CT molecular complexity index is 1400. The van der Waals surface area contributed by atoms with Gasteiger partial charge in [0.2, 0.25) is 0 Å². The smallest absolute Gasteiger partial charge is 0.312 e. The van der Waals surface area contributed by atoms with Crippen LogP contribution in [-0.4, -0.2) is 58.1 Å². The number of aromatic nitrogens is 2. The molecule has 5 aliphatic rings. The van der Waals surface area contributed by atoms with Crippen molar-refractivity contribution >= 4 is 11.9 Å². The topological polar surface area (TPSA) is 99.9 Å². The van der Waals surface area contributed by atoms with E-state index in [1.807, 2.05) is 19.3 Å². The molecule has 1 aromatic rings. The Morgan fingerprint density at radius 3 is 2.48 bits per heavy atom. The molecule has 6 rings (SSSR count). The van der Waals surface area contributed by atoms with Crippen molar-refractivity contribution in [1.29, 1.82) is 0 Å². The average molecular weight is 667 g/mol. The molecule has 2 heterocycles. The van der Waals surface area contributed by atoms with E-state index >= 15 is 0 Å². The zero-order valence-electron chi connectivity index (χ0n) is 31.0. The second kappa shape index (κ2) is 12.5. The van der Waals surface area contributed by atoms with Gasteiger partial charge in [-0.05, 0) is 132 Å². The predicted octanol–water partition coefficient (Wildman–Crippen LogP) is 7.45. The molecule has 8 nitrogen and oxygen atoms in total. The third-order valence-electron chi connectivity index (χ3n) is 15.4. The number of nitrogens with zero attached hydrogens (tertiary/aromatic N) is 2. The number of esters is 2. The fourth-order valence-corrected chi connectivity index (χ4v) is 13.0. The third-order valence-corrected chi connectivity index (χ3v) is 15.4. The third kappa shape index (κ3) is 5.24. The normalized spacial score (nSPS) is 42.6. The molecule has 1 N–H and O–H groups in total. The Morgan fingerprint density at radius 2 is 1.81 bits per heavy atom. The maximum atomic E-state index is 14.3. The summed E-state index contributed by atoms with van der Waals surface area (Å²) in [5, 5.41) is 12.5. The minimum atomic E-state index is -0.559. The molecule has 5 fully saturated rings. The number of hydrogen-bond acceptors (Lipinski definition) is 7. The van der Waals surface area contributed by atoms with Gasteiger partial charge in [0.1, 0.15) is 5.82 Å². The first kappa shape index (κ1) is 35.6. The summed E-state index contributed by atoms with van der Waals surface area (Å²) in [6.45, 7) is 21.5. The minimum Gasteiger partial charge on any atom is -0.469 e. The van der Waals surface area contributed by atoms with E-state index in [9.17, 15) is 14.7 Å². The number of hydrogen-bond donors (Lipinski definition) is 1. The van der Waals surface area contributed by atoms with E-state index in [0.717, 1.165) is 75.7 Å². The lowest BCUT2D eigenvalue weighted by molar-refractivity contribution is -0.255. The number of rotatable bonds is 10. The van der Waals surface area contributed by atoms with Crippen molar-refractivity contribution in [2.75, 3.05) is 13.7 Å². The number of aliphatic hydroxyl groups excluding tert-OH is 1. The second-order valence-corrected chi connectivity index (χ2v) is 17.7. The van der Waals surface area contributed by atoms with Gasteiger partial charge >= 0.3 is 11.9 Å². The van der Waals surface area contributed by atoms with Gasteiger partial charge in [0, 0.05) is 24.4 Å². The van der Waals surface area contributed by atoms with Gasteiger partial charge < -0.3 is 23.9 Å². The fourth-order valence-electron chi connectivity index (χ4n) is 13.0. The summed E-state index contributed by atoms with van der Waals surface area (Å²) in [4.78, 5) is 31.3. The quantitative estimate of drug-likeness (QED) is 0.157. The number of ether oxygens (including phenoxy) is 3. The van der Waals surface area contributed by atoms with Gasteiger partial charge in [-0.15, -0.1) is 0 Å². The van der Waals surface area contributed by atoms with Crippen molar-refractivity contribution in [2.45, 2.75) is 143 Å². The minimum absolute atomic E-state index is 0.0229. The Balaban J connectivity index is 1.25. The highest BCUT2D eigenvalue weighted by atomic mass is 16.5. The van der Waals surface area contributed by atoms with Crippen molar-refractivity contribution in [1.82, 2.24) is 9.55 Å². The van der Waals surface area contributed by atoms with E-state index in [0.29, 0.717) is 13.0 Å². The lowest BCUT2D eigenvalue weighted by atomic mass is 9.33. The predicted molar refractivity (Wildman–Crippen MR) is 185 cm³/mol. The lowest BCUT2D eigenvalue weighted by Crippen LogP contribution is -2.69. The van der Waals surface area contributed by atoms with E-state index in [1.165, 1.54) is 7.11 Å². The van der Waals surface area contributed by atoms with Crippen LogP contribution in [0.2, 0.25) is 0 Å². The van der Waals surface area contributed by atoms with Crippen LogP contribution in [0.5, 0.6) is 0 Å². The van der Waals surface area contributed by atoms with Crippen LogP contribution in [0.15, 0.2) is 24.5 Å². The summed E-state index contributed by atoms with van der Waals surface area (Å²) in [6.07, 6.45) is 12.2. The Hall–Kier alpha value is -2.19. The summed E-state index contributed by atoms with van der Waals surface area (Å²) >= 11 is 0. The number of methoxy groups -OCH3 is 1. The molecule has 0 spiro atoms. The van der Waals surface area contributed by atoms with Crippen molar-refractivity contribution in [3.05, 3.63) is 30.4 Å². The number of imidazole rings is 1. The number of carbonyl (C=O) groups excluding carboxylic acids is 2. The molecular weight excluding hydrogens is 604 g/mol. The summed E-state index contributed by atoms with van der Waals surface area (Å²) in [6, 6.07) is 0. The van der Waals surface area contributed by atoms with E-state index in [1.54, 1.807) is 0 Å². The number of allylic oxidation sites excluding steroid dienone is 1. The largest absolute Gasteiger partial charge is 0.469 e. The fraction of sp³-hybridized carbons (Fsp3) is 0.825. The molecule has 1 saturated heterocycles. The van der Waals surface area contributed by atoms with Gasteiger partial charge in [0.15, 0.2) is 0 Å². The first-order valence-electron chi connectivity index (χ1n) is 18.8. The molecule has 1 aromatic heterocycles. The van der Waals surface area contributed by atoms with Gasteiger partial charge in [-0.3, -0.25) is 9.59 Å². The average Bonchev–Trinajstić information content (AvgIpc) is 3.68. The molecule has 1 aliphatic heterocycles. The van der Waals surface area contributed by atoms with Crippen molar-refractivity contribution in [3.8, 4) is 0 Å². The number of fused-ring (bicyclic) bond motifs is 7. The van der Waals surface area contributed by atoms with Gasteiger partial charge in [-0.25, -0.2) is 4.98 Å². The van der Waals surface area contributed by atoms with Crippen LogP contribution in [0.4, 0.5) is 0 Å². The van der Waals surface area contributed by atoms with Crippen molar-refractivity contribution < 1.29 is 28.9 Å². The van der Waals surface area contributed by atoms with Crippen LogP contribution >= 0.6 is 0 Å². The molecule has 0 aromatic carbocycles. The molecule has 8 heteroatoms. The van der Waals surface area contributed by atoms with Crippen LogP contribution in [0.25, 0.3) is 0 Å². The molecule has 0 radical (unpaired) electrons. The molecule has 2 unspecified atom stereocenters. The Kier molecular flexibility index (Phi) is 9.31. The lowest BCUT2D eigenvalue weighted by Gasteiger charge is -2.71. The number of unbranched alkanes of at least 4 members (excludes halogenated alkanes) is 2.